The molecule has 2 aromatic rings. The Morgan fingerprint density at radius 3 is 2.14 bits per heavy atom. The maximum Gasteiger partial charge on any atom is 0.177 e. The molecule has 0 saturated heterocycles. The first kappa shape index (κ1) is 16.1. The SMILES string of the molecule is Cc1cc(C=Cc2ccccc2N)c([NH+]([O-])O)cc1[NH+]([O-])O. The molecule has 7 heteroatoms. The van der Waals surface area contributed by atoms with Gasteiger partial charge in [0.25, 0.3) is 0 Å². The van der Waals surface area contributed by atoms with E-state index in [9.17, 15) is 15.6 Å². The molecule has 0 spiro atoms. The summed E-state index contributed by atoms with van der Waals surface area (Å²) < 4.78 is 0. The van der Waals surface area contributed by atoms with Gasteiger partial charge in [-0.2, -0.15) is 10.5 Å². The molecule has 2 rings (SSSR count). The Morgan fingerprint density at radius 1 is 0.955 bits per heavy atom. The van der Waals surface area contributed by atoms with Gasteiger partial charge in [-0.3, -0.25) is 0 Å². The molecule has 0 aliphatic heterocycles. The number of hydrogen-bond acceptors (Lipinski definition) is 5. The van der Waals surface area contributed by atoms with Crippen molar-refractivity contribution in [3.05, 3.63) is 63.5 Å². The van der Waals surface area contributed by atoms with E-state index in [0.29, 0.717) is 16.8 Å². The fourth-order valence-electron chi connectivity index (χ4n) is 2.13. The Balaban J connectivity index is 2.46. The molecule has 0 amide bonds. The van der Waals surface area contributed by atoms with Gasteiger partial charge in [-0.1, -0.05) is 24.3 Å². The van der Waals surface area contributed by atoms with Gasteiger partial charge in [0.2, 0.25) is 0 Å². The van der Waals surface area contributed by atoms with Gasteiger partial charge in [-0.25, -0.2) is 10.4 Å². The van der Waals surface area contributed by atoms with Crippen LogP contribution in [0.5, 0.6) is 0 Å². The highest BCUT2D eigenvalue weighted by Crippen LogP contribution is 2.23. The van der Waals surface area contributed by atoms with E-state index in [1.807, 2.05) is 12.1 Å². The standard InChI is InChI=1S/C15H17N3O4/c1-10-8-12(7-6-11-4-2-3-5-13(11)16)15(18(21)22)9-14(10)17(19)20/h2-9,17-19,21H,16H2,1H3. The summed E-state index contributed by atoms with van der Waals surface area (Å²) in [6.07, 6.45) is 3.32. The third kappa shape index (κ3) is 3.49. The van der Waals surface area contributed by atoms with Gasteiger partial charge in [-0.15, -0.1) is 0 Å². The second-order valence-electron chi connectivity index (χ2n) is 4.83. The van der Waals surface area contributed by atoms with Gasteiger partial charge in [-0.05, 0) is 30.7 Å². The molecular weight excluding hydrogens is 286 g/mol. The molecule has 6 N–H and O–H groups in total. The number of nitrogen functional groups attached to an aromatic ring is 1. The summed E-state index contributed by atoms with van der Waals surface area (Å²) in [7, 11) is 0. The van der Waals surface area contributed by atoms with Gasteiger partial charge < -0.3 is 16.1 Å². The first-order valence-electron chi connectivity index (χ1n) is 6.54. The maximum absolute atomic E-state index is 11.3. The fraction of sp³-hybridized carbons (Fsp3) is 0.0667. The summed E-state index contributed by atoms with van der Waals surface area (Å²) >= 11 is 0. The minimum absolute atomic E-state index is 0.0197. The van der Waals surface area contributed by atoms with Crippen molar-refractivity contribution in [2.75, 3.05) is 5.73 Å². The lowest BCUT2D eigenvalue weighted by molar-refractivity contribution is -0.996. The number of nitrogens with two attached hydrogens (primary N) is 1. The van der Waals surface area contributed by atoms with Crippen LogP contribution in [-0.4, -0.2) is 10.4 Å². The summed E-state index contributed by atoms with van der Waals surface area (Å²) in [5.74, 6) is 0. The van der Waals surface area contributed by atoms with E-state index >= 15 is 0 Å². The van der Waals surface area contributed by atoms with Crippen LogP contribution in [0.2, 0.25) is 0 Å². The number of para-hydroxylation sites is 1. The van der Waals surface area contributed by atoms with E-state index in [1.165, 1.54) is 6.07 Å². The molecule has 0 aliphatic carbocycles. The molecule has 0 aromatic heterocycles. The normalized spacial score (nSPS) is 14.2. The van der Waals surface area contributed by atoms with Crippen LogP contribution in [-0.2, 0) is 0 Å². The molecule has 0 radical (unpaired) electrons. The van der Waals surface area contributed by atoms with Crippen LogP contribution >= 0.6 is 0 Å². The zero-order chi connectivity index (χ0) is 16.3. The zero-order valence-corrected chi connectivity index (χ0v) is 11.9. The van der Waals surface area contributed by atoms with E-state index in [-0.39, 0.29) is 11.4 Å². The predicted octanol–water partition coefficient (Wildman–Crippen LogP) is 0.554. The Hall–Kier alpha value is -2.26. The molecule has 0 bridgehead atoms. The van der Waals surface area contributed by atoms with Crippen LogP contribution in [0.3, 0.4) is 0 Å². The van der Waals surface area contributed by atoms with Crippen LogP contribution in [0.15, 0.2) is 36.4 Å². The summed E-state index contributed by atoms with van der Waals surface area (Å²) in [5.41, 5.74) is 8.02. The number of quaternary nitrogens is 2. The molecule has 22 heavy (non-hydrogen) atoms. The Bertz CT molecular complexity index is 699. The molecule has 116 valence electrons. The van der Waals surface area contributed by atoms with E-state index in [4.69, 9.17) is 10.9 Å². The lowest BCUT2D eigenvalue weighted by Gasteiger charge is -2.19. The number of benzene rings is 2. The van der Waals surface area contributed by atoms with Crippen LogP contribution < -0.4 is 16.2 Å². The monoisotopic (exact) mass is 303 g/mol. The van der Waals surface area contributed by atoms with Crippen molar-refractivity contribution >= 4 is 29.2 Å². The Kier molecular flexibility index (Phi) is 4.88. The lowest BCUT2D eigenvalue weighted by Crippen LogP contribution is -3.01. The van der Waals surface area contributed by atoms with Crippen molar-refractivity contribution in [1.29, 1.82) is 0 Å². The molecular formula is C15H17N3O4. The average molecular weight is 303 g/mol. The molecule has 2 unspecified atom stereocenters. The first-order valence-corrected chi connectivity index (χ1v) is 6.54. The second kappa shape index (κ2) is 6.67. The number of anilines is 1. The number of nitrogens with one attached hydrogen (secondary N) is 2. The highest BCUT2D eigenvalue weighted by molar-refractivity contribution is 5.79. The van der Waals surface area contributed by atoms with Crippen molar-refractivity contribution in [2.24, 2.45) is 0 Å². The molecule has 7 nitrogen and oxygen atoms in total. The Labute approximate surface area is 127 Å². The third-order valence-corrected chi connectivity index (χ3v) is 3.30. The Morgan fingerprint density at radius 2 is 1.55 bits per heavy atom. The van der Waals surface area contributed by atoms with Crippen LogP contribution in [0.1, 0.15) is 16.7 Å². The number of aryl methyl sites for hydroxylation is 1. The van der Waals surface area contributed by atoms with Gasteiger partial charge in [0, 0.05) is 16.8 Å². The van der Waals surface area contributed by atoms with Crippen molar-refractivity contribution < 1.29 is 20.9 Å². The maximum atomic E-state index is 11.3. The summed E-state index contributed by atoms with van der Waals surface area (Å²) in [6, 6.07) is 9.91. The summed E-state index contributed by atoms with van der Waals surface area (Å²) in [5, 5.41) is 38.5. The predicted molar refractivity (Wildman–Crippen MR) is 82.5 cm³/mol. The van der Waals surface area contributed by atoms with Gasteiger partial charge >= 0.3 is 0 Å². The quantitative estimate of drug-likeness (QED) is 0.321. The molecule has 0 fully saturated rings. The van der Waals surface area contributed by atoms with Crippen LogP contribution in [0.4, 0.5) is 17.1 Å². The molecule has 2 atom stereocenters. The minimum atomic E-state index is -1.18. The minimum Gasteiger partial charge on any atom is -0.595 e. The van der Waals surface area contributed by atoms with E-state index in [2.05, 4.69) is 0 Å². The number of rotatable bonds is 4. The molecule has 2 aromatic carbocycles. The third-order valence-electron chi connectivity index (χ3n) is 3.30. The van der Waals surface area contributed by atoms with Gasteiger partial charge in [0.15, 0.2) is 11.4 Å². The highest BCUT2D eigenvalue weighted by Gasteiger charge is 2.15. The smallest absolute Gasteiger partial charge is 0.177 e. The molecule has 0 heterocycles. The molecule has 0 saturated carbocycles. The van der Waals surface area contributed by atoms with Crippen molar-refractivity contribution in [2.45, 2.75) is 6.92 Å². The van der Waals surface area contributed by atoms with Crippen molar-refractivity contribution in [1.82, 2.24) is 0 Å². The van der Waals surface area contributed by atoms with Gasteiger partial charge in [0.1, 0.15) is 0 Å². The average Bonchev–Trinajstić information content (AvgIpc) is 2.45. The highest BCUT2D eigenvalue weighted by atomic mass is 16.8. The largest absolute Gasteiger partial charge is 0.595 e. The lowest BCUT2D eigenvalue weighted by atomic mass is 10.0. The van der Waals surface area contributed by atoms with Gasteiger partial charge in [0.05, 0.1) is 6.07 Å². The van der Waals surface area contributed by atoms with E-state index in [1.54, 1.807) is 37.3 Å². The van der Waals surface area contributed by atoms with Crippen LogP contribution in [0.25, 0.3) is 12.2 Å². The zero-order valence-electron chi connectivity index (χ0n) is 11.9. The second-order valence-corrected chi connectivity index (χ2v) is 4.83. The first-order chi connectivity index (χ1) is 10.4. The van der Waals surface area contributed by atoms with E-state index < -0.39 is 10.5 Å². The molecule has 0 aliphatic rings. The topological polar surface area (TPSA) is 121 Å². The summed E-state index contributed by atoms with van der Waals surface area (Å²) in [6.45, 7) is 1.63. The summed E-state index contributed by atoms with van der Waals surface area (Å²) in [4.78, 5) is 0. The van der Waals surface area contributed by atoms with Crippen molar-refractivity contribution in [3.8, 4) is 0 Å². The fourth-order valence-corrected chi connectivity index (χ4v) is 2.13. The number of hydrogen-bond donors (Lipinski definition) is 5. The van der Waals surface area contributed by atoms with Crippen molar-refractivity contribution in [3.63, 3.8) is 0 Å². The van der Waals surface area contributed by atoms with E-state index in [0.717, 1.165) is 5.56 Å². The van der Waals surface area contributed by atoms with Crippen LogP contribution in [0, 0.1) is 17.3 Å².